The SMILES string of the molecule is C[N+](C)(C)CCCc1nc(C2CCCC2)no1. The average molecular weight is 238 g/mol. The largest absolute Gasteiger partial charge is 0.339 e. The molecule has 0 N–H and O–H groups in total. The Kier molecular flexibility index (Phi) is 3.82. The van der Waals surface area contributed by atoms with E-state index in [0.29, 0.717) is 5.92 Å². The van der Waals surface area contributed by atoms with Crippen molar-refractivity contribution in [3.05, 3.63) is 11.7 Å². The molecule has 1 saturated carbocycles. The Bertz CT molecular complexity index is 348. The van der Waals surface area contributed by atoms with Crippen LogP contribution < -0.4 is 0 Å². The number of hydrogen-bond acceptors (Lipinski definition) is 3. The maximum atomic E-state index is 5.32. The molecule has 0 amide bonds. The summed E-state index contributed by atoms with van der Waals surface area (Å²) in [6.45, 7) is 1.14. The molecule has 0 bridgehead atoms. The smallest absolute Gasteiger partial charge is 0.226 e. The molecule has 4 nitrogen and oxygen atoms in total. The molecule has 0 radical (unpaired) electrons. The molecule has 2 rings (SSSR count). The van der Waals surface area contributed by atoms with Gasteiger partial charge in [0.05, 0.1) is 27.7 Å². The van der Waals surface area contributed by atoms with Gasteiger partial charge in [-0.1, -0.05) is 18.0 Å². The molecule has 0 saturated heterocycles. The topological polar surface area (TPSA) is 38.9 Å². The zero-order chi connectivity index (χ0) is 12.3. The highest BCUT2D eigenvalue weighted by atomic mass is 16.5. The van der Waals surface area contributed by atoms with Crippen LogP contribution in [-0.4, -0.2) is 42.3 Å². The molecule has 17 heavy (non-hydrogen) atoms. The Balaban J connectivity index is 1.81. The van der Waals surface area contributed by atoms with Gasteiger partial charge in [0.1, 0.15) is 0 Å². The van der Waals surface area contributed by atoms with Crippen LogP contribution in [-0.2, 0) is 6.42 Å². The van der Waals surface area contributed by atoms with E-state index in [2.05, 4.69) is 31.3 Å². The first-order valence-electron chi connectivity index (χ1n) is 6.67. The first-order chi connectivity index (χ1) is 8.04. The van der Waals surface area contributed by atoms with Gasteiger partial charge in [0.15, 0.2) is 5.82 Å². The third-order valence-corrected chi connectivity index (χ3v) is 3.42. The number of hydrogen-bond donors (Lipinski definition) is 0. The summed E-state index contributed by atoms with van der Waals surface area (Å²) < 4.78 is 6.31. The lowest BCUT2D eigenvalue weighted by atomic mass is 10.1. The minimum absolute atomic E-state index is 0.561. The monoisotopic (exact) mass is 238 g/mol. The van der Waals surface area contributed by atoms with E-state index in [1.54, 1.807) is 0 Å². The molecule has 96 valence electrons. The van der Waals surface area contributed by atoms with E-state index < -0.39 is 0 Å². The third-order valence-electron chi connectivity index (χ3n) is 3.42. The van der Waals surface area contributed by atoms with Gasteiger partial charge < -0.3 is 9.01 Å². The van der Waals surface area contributed by atoms with Gasteiger partial charge in [-0.25, -0.2) is 0 Å². The van der Waals surface area contributed by atoms with E-state index in [1.807, 2.05) is 0 Å². The Labute approximate surface area is 104 Å². The van der Waals surface area contributed by atoms with E-state index in [0.717, 1.165) is 35.6 Å². The number of nitrogens with zero attached hydrogens (tertiary/aromatic N) is 3. The molecule has 1 aliphatic carbocycles. The molecule has 0 atom stereocenters. The number of rotatable bonds is 5. The van der Waals surface area contributed by atoms with Crippen LogP contribution in [0.4, 0.5) is 0 Å². The Hall–Kier alpha value is -0.900. The van der Waals surface area contributed by atoms with Crippen molar-refractivity contribution >= 4 is 0 Å². The molecule has 1 fully saturated rings. The van der Waals surface area contributed by atoms with Crippen LogP contribution in [0.3, 0.4) is 0 Å². The van der Waals surface area contributed by atoms with Crippen LogP contribution in [0.5, 0.6) is 0 Å². The lowest BCUT2D eigenvalue weighted by Crippen LogP contribution is -2.35. The number of aromatic nitrogens is 2. The van der Waals surface area contributed by atoms with Gasteiger partial charge in [-0.15, -0.1) is 0 Å². The van der Waals surface area contributed by atoms with Gasteiger partial charge in [0, 0.05) is 18.8 Å². The maximum Gasteiger partial charge on any atom is 0.226 e. The molecule has 0 aliphatic heterocycles. The molecule has 1 heterocycles. The van der Waals surface area contributed by atoms with Gasteiger partial charge >= 0.3 is 0 Å². The quantitative estimate of drug-likeness (QED) is 0.739. The van der Waals surface area contributed by atoms with Crippen molar-refractivity contribution in [2.75, 3.05) is 27.7 Å². The average Bonchev–Trinajstić information content (AvgIpc) is 2.83. The Morgan fingerprint density at radius 2 is 1.94 bits per heavy atom. The molecule has 0 unspecified atom stereocenters. The van der Waals surface area contributed by atoms with Crippen LogP contribution in [0.2, 0.25) is 0 Å². The van der Waals surface area contributed by atoms with Crippen molar-refractivity contribution in [3.63, 3.8) is 0 Å². The zero-order valence-corrected chi connectivity index (χ0v) is 11.3. The summed E-state index contributed by atoms with van der Waals surface area (Å²) in [5, 5.41) is 4.12. The molecule has 1 aromatic rings. The molecular formula is C13H24N3O+. The van der Waals surface area contributed by atoms with Gasteiger partial charge in [-0.05, 0) is 12.8 Å². The first-order valence-corrected chi connectivity index (χ1v) is 6.67. The predicted octanol–water partition coefficient (Wildman–Crippen LogP) is 2.37. The van der Waals surface area contributed by atoms with Crippen LogP contribution in [0.15, 0.2) is 4.52 Å². The molecule has 0 aromatic carbocycles. The maximum absolute atomic E-state index is 5.32. The van der Waals surface area contributed by atoms with E-state index in [4.69, 9.17) is 4.52 Å². The van der Waals surface area contributed by atoms with Gasteiger partial charge in [0.25, 0.3) is 0 Å². The lowest BCUT2D eigenvalue weighted by molar-refractivity contribution is -0.870. The molecular weight excluding hydrogens is 214 g/mol. The van der Waals surface area contributed by atoms with Crippen LogP contribution in [0.25, 0.3) is 0 Å². The van der Waals surface area contributed by atoms with Gasteiger partial charge in [-0.2, -0.15) is 4.98 Å². The van der Waals surface area contributed by atoms with Crippen LogP contribution in [0.1, 0.15) is 49.7 Å². The summed E-state index contributed by atoms with van der Waals surface area (Å²) in [6, 6.07) is 0. The summed E-state index contributed by atoms with van der Waals surface area (Å²) in [4.78, 5) is 4.53. The van der Waals surface area contributed by atoms with Crippen molar-refractivity contribution in [2.45, 2.75) is 44.4 Å². The van der Waals surface area contributed by atoms with Gasteiger partial charge in [0.2, 0.25) is 5.89 Å². The summed E-state index contributed by atoms with van der Waals surface area (Å²) in [5.41, 5.74) is 0. The van der Waals surface area contributed by atoms with E-state index in [1.165, 1.54) is 25.7 Å². The second-order valence-electron chi connectivity index (χ2n) is 6.15. The van der Waals surface area contributed by atoms with Crippen molar-refractivity contribution in [2.24, 2.45) is 0 Å². The van der Waals surface area contributed by atoms with Gasteiger partial charge in [-0.3, -0.25) is 0 Å². The zero-order valence-electron chi connectivity index (χ0n) is 11.3. The number of aryl methyl sites for hydroxylation is 1. The second-order valence-corrected chi connectivity index (χ2v) is 6.15. The lowest BCUT2D eigenvalue weighted by Gasteiger charge is -2.23. The van der Waals surface area contributed by atoms with Crippen LogP contribution >= 0.6 is 0 Å². The number of quaternary nitrogens is 1. The van der Waals surface area contributed by atoms with Crippen molar-refractivity contribution in [1.29, 1.82) is 0 Å². The minimum Gasteiger partial charge on any atom is -0.339 e. The summed E-state index contributed by atoms with van der Waals surface area (Å²) in [6.07, 6.45) is 7.12. The fraction of sp³-hybridized carbons (Fsp3) is 0.846. The fourth-order valence-corrected chi connectivity index (χ4v) is 2.42. The van der Waals surface area contributed by atoms with Crippen LogP contribution in [0, 0.1) is 0 Å². The Morgan fingerprint density at radius 1 is 1.24 bits per heavy atom. The highest BCUT2D eigenvalue weighted by Crippen LogP contribution is 2.32. The van der Waals surface area contributed by atoms with E-state index in [9.17, 15) is 0 Å². The highest BCUT2D eigenvalue weighted by Gasteiger charge is 2.22. The summed E-state index contributed by atoms with van der Waals surface area (Å²) in [5.74, 6) is 2.33. The summed E-state index contributed by atoms with van der Waals surface area (Å²) >= 11 is 0. The van der Waals surface area contributed by atoms with Crippen molar-refractivity contribution in [1.82, 2.24) is 10.1 Å². The van der Waals surface area contributed by atoms with E-state index >= 15 is 0 Å². The second kappa shape index (κ2) is 5.17. The fourth-order valence-electron chi connectivity index (χ4n) is 2.42. The molecule has 0 spiro atoms. The molecule has 4 heteroatoms. The molecule has 1 aromatic heterocycles. The highest BCUT2D eigenvalue weighted by molar-refractivity contribution is 4.97. The summed E-state index contributed by atoms with van der Waals surface area (Å²) in [7, 11) is 6.62. The standard InChI is InChI=1S/C13H24N3O/c1-16(2,3)10-6-9-12-14-13(15-17-12)11-7-4-5-8-11/h11H,4-10H2,1-3H3/q+1. The molecule has 1 aliphatic rings. The third kappa shape index (κ3) is 3.80. The van der Waals surface area contributed by atoms with Crippen molar-refractivity contribution in [3.8, 4) is 0 Å². The van der Waals surface area contributed by atoms with E-state index in [-0.39, 0.29) is 0 Å². The normalized spacial score (nSPS) is 17.8. The minimum atomic E-state index is 0.561. The predicted molar refractivity (Wildman–Crippen MR) is 66.7 cm³/mol. The van der Waals surface area contributed by atoms with Crippen molar-refractivity contribution < 1.29 is 9.01 Å². The first kappa shape index (κ1) is 12.6. The Morgan fingerprint density at radius 3 is 2.59 bits per heavy atom.